The molecule has 1 aromatic carbocycles. The average Bonchev–Trinajstić information content (AvgIpc) is 4.01. The predicted octanol–water partition coefficient (Wildman–Crippen LogP) is 2.44. The number of fused-ring (bicyclic) bond motifs is 2. The summed E-state index contributed by atoms with van der Waals surface area (Å²) in [5.74, 6) is -0.167. The first kappa shape index (κ1) is 44.6. The smallest absolute Gasteiger partial charge is 0.329 e. The lowest BCUT2D eigenvalue weighted by Crippen LogP contribution is -2.48. The van der Waals surface area contributed by atoms with E-state index in [4.69, 9.17) is 14.5 Å². The molecule has 4 aromatic heterocycles. The number of aryl methyl sites for hydroxylation is 1. The highest BCUT2D eigenvalue weighted by Crippen LogP contribution is 2.35. The molecule has 2 atom stereocenters. The number of morpholine rings is 1. The van der Waals surface area contributed by atoms with E-state index >= 15 is 0 Å². The maximum atomic E-state index is 14.2. The molecular formula is C44H57F2N13O6. The number of nitrogens with one attached hydrogen (secondary N) is 4. The number of alkyl halides is 2. The van der Waals surface area contributed by atoms with Gasteiger partial charge in [0.2, 0.25) is 11.8 Å². The van der Waals surface area contributed by atoms with Crippen molar-refractivity contribution in [1.29, 1.82) is 0 Å². The Hall–Kier alpha value is -5.61. The summed E-state index contributed by atoms with van der Waals surface area (Å²) < 4.78 is 46.7. The van der Waals surface area contributed by atoms with Gasteiger partial charge >= 0.3 is 5.69 Å². The number of rotatable bonds is 16. The summed E-state index contributed by atoms with van der Waals surface area (Å²) in [5.41, 5.74) is 2.22. The van der Waals surface area contributed by atoms with Crippen molar-refractivity contribution in [2.45, 2.75) is 69.6 Å². The highest BCUT2D eigenvalue weighted by molar-refractivity contribution is 6.08. The van der Waals surface area contributed by atoms with Crippen molar-refractivity contribution >= 4 is 45.9 Å². The Kier molecular flexibility index (Phi) is 13.6. The van der Waals surface area contributed by atoms with Gasteiger partial charge in [-0.15, -0.1) is 0 Å². The largest absolute Gasteiger partial charge is 0.380 e. The Bertz CT molecular complexity index is 2560. The number of aromatic nitrogens is 7. The number of halogens is 2. The summed E-state index contributed by atoms with van der Waals surface area (Å²) >= 11 is 0. The summed E-state index contributed by atoms with van der Waals surface area (Å²) in [7, 11) is 1.69. The number of imidazole rings is 1. The van der Waals surface area contributed by atoms with Gasteiger partial charge in [0.05, 0.1) is 54.9 Å². The van der Waals surface area contributed by atoms with E-state index in [0.717, 1.165) is 101 Å². The second kappa shape index (κ2) is 19.9. The molecule has 1 unspecified atom stereocenters. The molecule has 1 saturated carbocycles. The third-order valence-electron chi connectivity index (χ3n) is 13.2. The molecule has 0 bridgehead atoms. The number of benzene rings is 1. The first-order valence-corrected chi connectivity index (χ1v) is 22.7. The second-order valence-corrected chi connectivity index (χ2v) is 17.5. The lowest BCUT2D eigenvalue weighted by atomic mass is 9.86. The fraction of sp³-hybridized carbons (Fsp3) is 0.568. The van der Waals surface area contributed by atoms with Crippen LogP contribution in [-0.2, 0) is 32.5 Å². The number of amides is 3. The van der Waals surface area contributed by atoms with Crippen LogP contribution >= 0.6 is 0 Å². The molecule has 5 aromatic rings. The van der Waals surface area contributed by atoms with E-state index in [9.17, 15) is 28.0 Å². The van der Waals surface area contributed by atoms with Crippen molar-refractivity contribution in [2.75, 3.05) is 88.9 Å². The van der Waals surface area contributed by atoms with Gasteiger partial charge < -0.3 is 30.3 Å². The van der Waals surface area contributed by atoms with Crippen molar-refractivity contribution < 1.29 is 32.6 Å². The standard InChI is InChI=1S/C44H57F2N13O6/c1-54-36-22-28(4-7-34(36)59(44(54)63)35-8-9-38(60)52-43(35)62)11-19-64-20-17-55-18-21-65-31(26-55)24-48-23-29-2-5-30(6-3-29)58-27-33(39(53-58)40(45)46)50-42(61)32-25-49-57-14-10-37(51-41(32)57)56-15-12-47-13-16-56/h4,7,10,14,22,25,27,29-31,35,40,47-48H,2-3,5-6,8-9,11-13,15-21,23-24,26H2,1H3,(H,50,61)(H,52,60,62)/t29?,30?,31-,35?/m0/s1. The van der Waals surface area contributed by atoms with Gasteiger partial charge in [-0.1, -0.05) is 6.07 Å². The highest BCUT2D eigenvalue weighted by atomic mass is 19.3. The van der Waals surface area contributed by atoms with Crippen molar-refractivity contribution in [3.05, 3.63) is 70.2 Å². The quantitative estimate of drug-likeness (QED) is 0.0833. The minimum atomic E-state index is -2.86. The molecule has 0 spiro atoms. The molecule has 65 heavy (non-hydrogen) atoms. The molecule has 4 fully saturated rings. The number of imide groups is 1. The molecule has 3 saturated heterocycles. The van der Waals surface area contributed by atoms with E-state index in [1.54, 1.807) is 22.5 Å². The van der Waals surface area contributed by atoms with Crippen molar-refractivity contribution in [3.63, 3.8) is 0 Å². The molecule has 4 aliphatic rings. The number of nitrogens with zero attached hydrogens (tertiary/aromatic N) is 9. The zero-order valence-corrected chi connectivity index (χ0v) is 36.6. The maximum Gasteiger partial charge on any atom is 0.329 e. The van der Waals surface area contributed by atoms with E-state index in [0.29, 0.717) is 49.7 Å². The molecule has 3 aliphatic heterocycles. The number of hydrogen-bond acceptors (Lipinski definition) is 13. The number of hydrogen-bond donors (Lipinski definition) is 4. The Morgan fingerprint density at radius 2 is 1.85 bits per heavy atom. The third kappa shape index (κ3) is 9.98. The normalized spacial score (nSPS) is 22.3. The SMILES string of the molecule is Cn1c(=O)n(C2CCC(=O)NC2=O)c2ccc(CCOCCN3CCO[C@@H](CNCC4CCC(n5cc(NC(=O)c6cnn7ccc(N8CCNCC8)nc67)c(C(F)F)n5)CC4)C3)cc21. The number of anilines is 2. The van der Waals surface area contributed by atoms with Gasteiger partial charge in [0.15, 0.2) is 11.3 Å². The average molecular weight is 902 g/mol. The van der Waals surface area contributed by atoms with E-state index < -0.39 is 30.0 Å². The molecule has 7 heterocycles. The van der Waals surface area contributed by atoms with Gasteiger partial charge in [0.25, 0.3) is 12.3 Å². The maximum absolute atomic E-state index is 14.2. The third-order valence-corrected chi connectivity index (χ3v) is 13.2. The molecule has 21 heteroatoms. The Morgan fingerprint density at radius 3 is 2.65 bits per heavy atom. The van der Waals surface area contributed by atoms with E-state index in [-0.39, 0.29) is 41.4 Å². The van der Waals surface area contributed by atoms with Crippen molar-refractivity contribution in [3.8, 4) is 0 Å². The molecule has 19 nitrogen and oxygen atoms in total. The Morgan fingerprint density at radius 1 is 1.02 bits per heavy atom. The monoisotopic (exact) mass is 901 g/mol. The molecule has 1 aliphatic carbocycles. The fourth-order valence-electron chi connectivity index (χ4n) is 9.58. The van der Waals surface area contributed by atoms with Crippen LogP contribution in [0.4, 0.5) is 20.3 Å². The Labute approximate surface area is 373 Å². The highest BCUT2D eigenvalue weighted by Gasteiger charge is 2.32. The van der Waals surface area contributed by atoms with Gasteiger partial charge in [-0.3, -0.25) is 38.4 Å². The molecule has 348 valence electrons. The van der Waals surface area contributed by atoms with Crippen LogP contribution in [0.25, 0.3) is 16.7 Å². The summed E-state index contributed by atoms with van der Waals surface area (Å²) in [6.07, 6.45) is 6.46. The van der Waals surface area contributed by atoms with Crippen LogP contribution < -0.4 is 31.9 Å². The van der Waals surface area contributed by atoms with E-state index in [2.05, 4.69) is 41.3 Å². The molecule has 9 rings (SSSR count). The molecule has 4 N–H and O–H groups in total. The van der Waals surface area contributed by atoms with Gasteiger partial charge in [-0.05, 0) is 74.8 Å². The van der Waals surface area contributed by atoms with E-state index in [1.165, 1.54) is 21.5 Å². The lowest BCUT2D eigenvalue weighted by molar-refractivity contribution is -0.135. The summed E-state index contributed by atoms with van der Waals surface area (Å²) in [6, 6.07) is 6.87. The number of piperazine rings is 1. The number of carbonyl (C=O) groups excluding carboxylic acids is 3. The van der Waals surface area contributed by atoms with Gasteiger partial charge in [0, 0.05) is 78.2 Å². The lowest BCUT2D eigenvalue weighted by Gasteiger charge is -2.34. The first-order valence-electron chi connectivity index (χ1n) is 22.7. The molecular weight excluding hydrogens is 845 g/mol. The number of piperidine rings is 1. The van der Waals surface area contributed by atoms with Crippen molar-refractivity contribution in [1.82, 2.24) is 54.4 Å². The molecule has 3 amide bonds. The van der Waals surface area contributed by atoms with Crippen LogP contribution in [0, 0.1) is 5.92 Å². The van der Waals surface area contributed by atoms with Gasteiger partial charge in [-0.25, -0.2) is 23.1 Å². The van der Waals surface area contributed by atoms with E-state index in [1.807, 2.05) is 24.3 Å². The van der Waals surface area contributed by atoms with Crippen LogP contribution in [-0.4, -0.2) is 141 Å². The van der Waals surface area contributed by atoms with Crippen LogP contribution in [0.5, 0.6) is 0 Å². The number of carbonyl (C=O) groups is 3. The zero-order valence-electron chi connectivity index (χ0n) is 36.6. The van der Waals surface area contributed by atoms with Gasteiger partial charge in [-0.2, -0.15) is 10.2 Å². The molecule has 0 radical (unpaired) electrons. The second-order valence-electron chi connectivity index (χ2n) is 17.5. The summed E-state index contributed by atoms with van der Waals surface area (Å²) in [4.78, 5) is 59.9. The van der Waals surface area contributed by atoms with Crippen molar-refractivity contribution in [2.24, 2.45) is 13.0 Å². The predicted molar refractivity (Wildman–Crippen MR) is 236 cm³/mol. The van der Waals surface area contributed by atoms with Crippen LogP contribution in [0.1, 0.15) is 78.6 Å². The van der Waals surface area contributed by atoms with Crippen LogP contribution in [0.2, 0.25) is 0 Å². The minimum Gasteiger partial charge on any atom is -0.380 e. The topological polar surface area (TPSA) is 199 Å². The Balaban J connectivity index is 0.692. The minimum absolute atomic E-state index is 0.00916. The number of ether oxygens (including phenoxy) is 2. The van der Waals surface area contributed by atoms with Crippen LogP contribution in [0.15, 0.2) is 47.7 Å². The summed E-state index contributed by atoms with van der Waals surface area (Å²) in [5, 5.41) is 20.5. The first-order chi connectivity index (χ1) is 31.6. The summed E-state index contributed by atoms with van der Waals surface area (Å²) in [6.45, 7) is 8.97. The zero-order chi connectivity index (χ0) is 45.0. The van der Waals surface area contributed by atoms with Crippen LogP contribution in [0.3, 0.4) is 0 Å². The van der Waals surface area contributed by atoms with Gasteiger partial charge in [0.1, 0.15) is 17.4 Å². The fourth-order valence-corrected chi connectivity index (χ4v) is 9.58.